The topological polar surface area (TPSA) is 21.3 Å². The highest BCUT2D eigenvalue weighted by Crippen LogP contribution is 2.29. The van der Waals surface area contributed by atoms with Crippen LogP contribution in [0.15, 0.2) is 46.9 Å². The maximum Gasteiger partial charge on any atom is 0.120 e. The zero-order chi connectivity index (χ0) is 13.8. The van der Waals surface area contributed by atoms with Gasteiger partial charge in [-0.3, -0.25) is 0 Å². The molecule has 2 rings (SSSR count). The molecule has 0 aliphatic rings. The first kappa shape index (κ1) is 14.2. The van der Waals surface area contributed by atoms with E-state index in [1.54, 1.807) is 7.11 Å². The Hall–Kier alpha value is -1.19. The van der Waals surface area contributed by atoms with Gasteiger partial charge in [-0.2, -0.15) is 0 Å². The van der Waals surface area contributed by atoms with Gasteiger partial charge in [0.15, 0.2) is 0 Å². The highest BCUT2D eigenvalue weighted by molar-refractivity contribution is 9.10. The van der Waals surface area contributed by atoms with E-state index in [0.717, 1.165) is 26.5 Å². The van der Waals surface area contributed by atoms with E-state index < -0.39 is 0 Å². The van der Waals surface area contributed by atoms with E-state index in [4.69, 9.17) is 16.3 Å². The van der Waals surface area contributed by atoms with Crippen LogP contribution < -0.4 is 10.1 Å². The van der Waals surface area contributed by atoms with Gasteiger partial charge in [-0.25, -0.2) is 0 Å². The Balaban J connectivity index is 2.17. The molecule has 2 aromatic rings. The Morgan fingerprint density at radius 2 is 2.00 bits per heavy atom. The van der Waals surface area contributed by atoms with Gasteiger partial charge in [0.1, 0.15) is 5.75 Å². The Morgan fingerprint density at radius 1 is 1.21 bits per heavy atom. The summed E-state index contributed by atoms with van der Waals surface area (Å²) in [6.07, 6.45) is 0. The fraction of sp³-hybridized carbons (Fsp3) is 0.200. The molecule has 0 aliphatic heterocycles. The molecule has 0 radical (unpaired) electrons. The summed E-state index contributed by atoms with van der Waals surface area (Å²) in [6, 6.07) is 13.9. The smallest absolute Gasteiger partial charge is 0.120 e. The number of methoxy groups -OCH3 is 1. The van der Waals surface area contributed by atoms with Crippen molar-refractivity contribution in [2.45, 2.75) is 13.0 Å². The van der Waals surface area contributed by atoms with Gasteiger partial charge in [-0.05, 0) is 36.8 Å². The van der Waals surface area contributed by atoms with E-state index >= 15 is 0 Å². The van der Waals surface area contributed by atoms with Crippen LogP contribution in [0.3, 0.4) is 0 Å². The molecule has 0 fully saturated rings. The molecule has 0 bridgehead atoms. The van der Waals surface area contributed by atoms with Crippen LogP contribution in [0, 0.1) is 0 Å². The molecule has 0 aromatic heterocycles. The summed E-state index contributed by atoms with van der Waals surface area (Å²) in [6.45, 7) is 2.08. The first-order valence-corrected chi connectivity index (χ1v) is 7.13. The number of hydrogen-bond donors (Lipinski definition) is 1. The average molecular weight is 341 g/mol. The summed E-state index contributed by atoms with van der Waals surface area (Å²) in [7, 11) is 1.66. The standard InChI is InChI=1S/C15H15BrClNO/c1-10(14-7-6-11(16)8-15(14)17)18-12-4-3-5-13(9-12)19-2/h3-10,18H,1-2H3. The largest absolute Gasteiger partial charge is 0.497 e. The van der Waals surface area contributed by atoms with Crippen molar-refractivity contribution in [1.82, 2.24) is 0 Å². The molecule has 2 nitrogen and oxygen atoms in total. The zero-order valence-corrected chi connectivity index (χ0v) is 13.1. The number of halogens is 2. The van der Waals surface area contributed by atoms with Gasteiger partial charge < -0.3 is 10.1 Å². The van der Waals surface area contributed by atoms with Gasteiger partial charge in [0.05, 0.1) is 7.11 Å². The minimum Gasteiger partial charge on any atom is -0.497 e. The molecule has 100 valence electrons. The Labute approximate surface area is 126 Å². The minimum absolute atomic E-state index is 0.118. The van der Waals surface area contributed by atoms with Crippen molar-refractivity contribution in [2.75, 3.05) is 12.4 Å². The molecule has 0 saturated carbocycles. The lowest BCUT2D eigenvalue weighted by atomic mass is 10.1. The molecule has 2 aromatic carbocycles. The molecular weight excluding hydrogens is 326 g/mol. The molecule has 1 unspecified atom stereocenters. The van der Waals surface area contributed by atoms with Crippen molar-refractivity contribution in [3.05, 3.63) is 57.5 Å². The van der Waals surface area contributed by atoms with Gasteiger partial charge >= 0.3 is 0 Å². The monoisotopic (exact) mass is 339 g/mol. The summed E-state index contributed by atoms with van der Waals surface area (Å²) in [5.74, 6) is 0.833. The summed E-state index contributed by atoms with van der Waals surface area (Å²) >= 11 is 9.66. The van der Waals surface area contributed by atoms with Crippen molar-refractivity contribution in [2.24, 2.45) is 0 Å². The number of hydrogen-bond acceptors (Lipinski definition) is 2. The van der Waals surface area contributed by atoms with Crippen LogP contribution >= 0.6 is 27.5 Å². The number of nitrogens with one attached hydrogen (secondary N) is 1. The van der Waals surface area contributed by atoms with Crippen LogP contribution in [0.1, 0.15) is 18.5 Å². The number of ether oxygens (including phenoxy) is 1. The summed E-state index contributed by atoms with van der Waals surface area (Å²) < 4.78 is 6.19. The maximum atomic E-state index is 6.25. The molecule has 0 heterocycles. The highest BCUT2D eigenvalue weighted by Gasteiger charge is 2.10. The van der Waals surface area contributed by atoms with Crippen molar-refractivity contribution < 1.29 is 4.74 Å². The van der Waals surface area contributed by atoms with Crippen LogP contribution in [-0.4, -0.2) is 7.11 Å². The van der Waals surface area contributed by atoms with E-state index in [2.05, 4.69) is 28.2 Å². The van der Waals surface area contributed by atoms with Crippen LogP contribution in [0.2, 0.25) is 5.02 Å². The van der Waals surface area contributed by atoms with Gasteiger partial charge in [-0.15, -0.1) is 0 Å². The van der Waals surface area contributed by atoms with Crippen molar-refractivity contribution in [3.8, 4) is 5.75 Å². The molecule has 0 spiro atoms. The number of anilines is 1. The fourth-order valence-corrected chi connectivity index (χ4v) is 2.73. The average Bonchev–Trinajstić information content (AvgIpc) is 2.38. The third kappa shape index (κ3) is 3.64. The number of rotatable bonds is 4. The first-order chi connectivity index (χ1) is 9.10. The predicted molar refractivity (Wildman–Crippen MR) is 84.2 cm³/mol. The van der Waals surface area contributed by atoms with Crippen LogP contribution in [0.5, 0.6) is 5.75 Å². The lowest BCUT2D eigenvalue weighted by molar-refractivity contribution is 0.415. The lowest BCUT2D eigenvalue weighted by Gasteiger charge is -2.17. The molecule has 1 atom stereocenters. The molecule has 4 heteroatoms. The van der Waals surface area contributed by atoms with Gasteiger partial charge in [-0.1, -0.05) is 39.7 Å². The lowest BCUT2D eigenvalue weighted by Crippen LogP contribution is -2.07. The second kappa shape index (κ2) is 6.31. The number of benzene rings is 2. The Kier molecular flexibility index (Phi) is 4.72. The van der Waals surface area contributed by atoms with Gasteiger partial charge in [0.25, 0.3) is 0 Å². The van der Waals surface area contributed by atoms with E-state index in [9.17, 15) is 0 Å². The quantitative estimate of drug-likeness (QED) is 0.817. The summed E-state index contributed by atoms with van der Waals surface area (Å²) in [4.78, 5) is 0. The molecular formula is C15H15BrClNO. The second-order valence-electron chi connectivity index (χ2n) is 4.26. The molecule has 0 saturated heterocycles. The summed E-state index contributed by atoms with van der Waals surface area (Å²) in [5, 5.41) is 4.16. The third-order valence-electron chi connectivity index (χ3n) is 2.88. The molecule has 0 amide bonds. The Bertz CT molecular complexity index is 574. The van der Waals surface area contributed by atoms with Crippen molar-refractivity contribution >= 4 is 33.2 Å². The summed E-state index contributed by atoms with van der Waals surface area (Å²) in [5.41, 5.74) is 2.07. The fourth-order valence-electron chi connectivity index (χ4n) is 1.89. The highest BCUT2D eigenvalue weighted by atomic mass is 79.9. The first-order valence-electron chi connectivity index (χ1n) is 5.95. The third-order valence-corrected chi connectivity index (χ3v) is 3.70. The molecule has 19 heavy (non-hydrogen) atoms. The van der Waals surface area contributed by atoms with Crippen LogP contribution in [-0.2, 0) is 0 Å². The zero-order valence-electron chi connectivity index (χ0n) is 10.8. The van der Waals surface area contributed by atoms with Gasteiger partial charge in [0.2, 0.25) is 0 Å². The normalized spacial score (nSPS) is 12.0. The molecule has 1 N–H and O–H groups in total. The van der Waals surface area contributed by atoms with E-state index in [1.807, 2.05) is 42.5 Å². The maximum absolute atomic E-state index is 6.25. The predicted octanol–water partition coefficient (Wildman–Crippen LogP) is 5.28. The van der Waals surface area contributed by atoms with Gasteiger partial charge in [0, 0.05) is 27.3 Å². The van der Waals surface area contributed by atoms with Crippen LogP contribution in [0.25, 0.3) is 0 Å². The minimum atomic E-state index is 0.118. The Morgan fingerprint density at radius 3 is 2.68 bits per heavy atom. The second-order valence-corrected chi connectivity index (χ2v) is 5.59. The van der Waals surface area contributed by atoms with Crippen molar-refractivity contribution in [1.29, 1.82) is 0 Å². The SMILES string of the molecule is COc1cccc(NC(C)c2ccc(Br)cc2Cl)c1. The van der Waals surface area contributed by atoms with Crippen molar-refractivity contribution in [3.63, 3.8) is 0 Å². The van der Waals surface area contributed by atoms with E-state index in [1.165, 1.54) is 0 Å². The van der Waals surface area contributed by atoms with E-state index in [-0.39, 0.29) is 6.04 Å². The van der Waals surface area contributed by atoms with E-state index in [0.29, 0.717) is 0 Å². The molecule has 0 aliphatic carbocycles. The van der Waals surface area contributed by atoms with Crippen LogP contribution in [0.4, 0.5) is 5.69 Å².